The zero-order chi connectivity index (χ0) is 18.2. The maximum absolute atomic E-state index is 9.33. The third kappa shape index (κ3) is 5.26. The molecule has 0 radical (unpaired) electrons. The fourth-order valence-electron chi connectivity index (χ4n) is 2.59. The summed E-state index contributed by atoms with van der Waals surface area (Å²) in [5.41, 5.74) is 2.22. The Labute approximate surface area is 157 Å². The van der Waals surface area contributed by atoms with Gasteiger partial charge < -0.3 is 15.2 Å². The fraction of sp³-hybridized carbons (Fsp3) is 0.200. The molecule has 0 bridgehead atoms. The van der Waals surface area contributed by atoms with Gasteiger partial charge in [0.25, 0.3) is 0 Å². The molecule has 0 amide bonds. The molecule has 0 aliphatic rings. The molecule has 1 heterocycles. The van der Waals surface area contributed by atoms with E-state index in [4.69, 9.17) is 16.3 Å². The molecule has 5 nitrogen and oxygen atoms in total. The van der Waals surface area contributed by atoms with E-state index in [-0.39, 0.29) is 12.6 Å². The topological polar surface area (TPSA) is 67.3 Å². The van der Waals surface area contributed by atoms with E-state index in [2.05, 4.69) is 15.3 Å². The van der Waals surface area contributed by atoms with Gasteiger partial charge in [-0.15, -0.1) is 0 Å². The zero-order valence-electron chi connectivity index (χ0n) is 14.2. The molecule has 0 aliphatic heterocycles. The maximum Gasteiger partial charge on any atom is 0.237 e. The van der Waals surface area contributed by atoms with Crippen molar-refractivity contribution in [2.75, 3.05) is 6.61 Å². The van der Waals surface area contributed by atoms with Gasteiger partial charge in [-0.1, -0.05) is 35.9 Å². The van der Waals surface area contributed by atoms with Gasteiger partial charge in [-0.05, 0) is 41.8 Å². The van der Waals surface area contributed by atoms with Crippen molar-refractivity contribution in [3.8, 4) is 11.6 Å². The molecule has 3 rings (SSSR count). The number of nitrogens with one attached hydrogen (secondary N) is 1. The van der Waals surface area contributed by atoms with E-state index >= 15 is 0 Å². The number of aliphatic hydroxyl groups is 1. The van der Waals surface area contributed by atoms with Crippen LogP contribution in [-0.2, 0) is 6.54 Å². The van der Waals surface area contributed by atoms with Crippen molar-refractivity contribution in [3.63, 3.8) is 0 Å². The van der Waals surface area contributed by atoms with Crippen molar-refractivity contribution in [1.29, 1.82) is 0 Å². The van der Waals surface area contributed by atoms with Crippen molar-refractivity contribution in [3.05, 3.63) is 83.3 Å². The summed E-state index contributed by atoms with van der Waals surface area (Å²) >= 11 is 5.95. The maximum atomic E-state index is 9.33. The molecule has 0 fully saturated rings. The first-order valence-corrected chi connectivity index (χ1v) is 8.75. The highest BCUT2D eigenvalue weighted by atomic mass is 35.5. The van der Waals surface area contributed by atoms with Crippen LogP contribution in [0.5, 0.6) is 11.6 Å². The zero-order valence-corrected chi connectivity index (χ0v) is 14.9. The predicted molar refractivity (Wildman–Crippen MR) is 101 cm³/mol. The van der Waals surface area contributed by atoms with Crippen molar-refractivity contribution in [1.82, 2.24) is 15.3 Å². The molecule has 134 valence electrons. The second kappa shape index (κ2) is 9.29. The first-order valence-electron chi connectivity index (χ1n) is 8.37. The molecule has 2 aromatic carbocycles. The Morgan fingerprint density at radius 3 is 2.46 bits per heavy atom. The number of halogens is 1. The molecule has 0 spiro atoms. The normalized spacial score (nSPS) is 11.9. The lowest BCUT2D eigenvalue weighted by Gasteiger charge is -2.18. The van der Waals surface area contributed by atoms with Crippen LogP contribution in [-0.4, -0.2) is 21.7 Å². The van der Waals surface area contributed by atoms with Gasteiger partial charge in [-0.2, -0.15) is 0 Å². The highest BCUT2D eigenvalue weighted by molar-refractivity contribution is 6.30. The number of hydrogen-bond acceptors (Lipinski definition) is 5. The van der Waals surface area contributed by atoms with Crippen LogP contribution in [0.4, 0.5) is 0 Å². The van der Waals surface area contributed by atoms with Gasteiger partial charge in [0, 0.05) is 36.6 Å². The predicted octanol–water partition coefficient (Wildman–Crippen LogP) is 4.14. The Morgan fingerprint density at radius 2 is 1.81 bits per heavy atom. The number of rotatable bonds is 8. The minimum atomic E-state index is 0.0628. The first kappa shape index (κ1) is 18.3. The summed E-state index contributed by atoms with van der Waals surface area (Å²) in [5, 5.41) is 13.5. The smallest absolute Gasteiger partial charge is 0.237 e. The van der Waals surface area contributed by atoms with Crippen LogP contribution >= 0.6 is 11.6 Å². The van der Waals surface area contributed by atoms with Crippen LogP contribution in [0, 0.1) is 0 Å². The molecule has 2 N–H and O–H groups in total. The number of aromatic nitrogens is 2. The van der Waals surface area contributed by atoms with Gasteiger partial charge in [0.05, 0.1) is 6.20 Å². The lowest BCUT2D eigenvalue weighted by atomic mass is 10.0. The molecular formula is C20H20ClN3O2. The third-order valence-corrected chi connectivity index (χ3v) is 4.18. The van der Waals surface area contributed by atoms with Crippen LogP contribution < -0.4 is 10.1 Å². The van der Waals surface area contributed by atoms with Gasteiger partial charge in [0.2, 0.25) is 5.88 Å². The summed E-state index contributed by atoms with van der Waals surface area (Å²) in [6.45, 7) is 0.796. The number of hydrogen-bond donors (Lipinski definition) is 2. The van der Waals surface area contributed by atoms with E-state index in [1.807, 2.05) is 48.5 Å². The Bertz CT molecular complexity index is 796. The Kier molecular flexibility index (Phi) is 6.55. The molecule has 3 aromatic rings. The summed E-state index contributed by atoms with van der Waals surface area (Å²) in [6.07, 6.45) is 5.40. The summed E-state index contributed by atoms with van der Waals surface area (Å²) in [4.78, 5) is 8.06. The van der Waals surface area contributed by atoms with E-state index in [0.29, 0.717) is 29.6 Å². The van der Waals surface area contributed by atoms with E-state index < -0.39 is 0 Å². The Hall–Kier alpha value is -2.47. The van der Waals surface area contributed by atoms with Crippen LogP contribution in [0.15, 0.2) is 67.1 Å². The van der Waals surface area contributed by atoms with E-state index in [9.17, 15) is 5.11 Å². The first-order chi connectivity index (χ1) is 12.7. The van der Waals surface area contributed by atoms with Crippen molar-refractivity contribution in [2.45, 2.75) is 19.0 Å². The summed E-state index contributed by atoms with van der Waals surface area (Å²) < 4.78 is 5.64. The molecule has 1 atom stereocenters. The molecule has 26 heavy (non-hydrogen) atoms. The monoisotopic (exact) mass is 369 g/mol. The average molecular weight is 370 g/mol. The molecule has 1 unspecified atom stereocenters. The van der Waals surface area contributed by atoms with Gasteiger partial charge in [-0.3, -0.25) is 4.98 Å². The SMILES string of the molecule is OCCC(NCc1ccc(Oc2cnccn2)cc1)c1ccc(Cl)cc1. The van der Waals surface area contributed by atoms with Crippen molar-refractivity contribution < 1.29 is 9.84 Å². The summed E-state index contributed by atoms with van der Waals surface area (Å²) in [7, 11) is 0. The number of aliphatic hydroxyl groups excluding tert-OH is 1. The molecule has 1 aromatic heterocycles. The lowest BCUT2D eigenvalue weighted by molar-refractivity contribution is 0.265. The second-order valence-corrected chi connectivity index (χ2v) is 6.22. The second-order valence-electron chi connectivity index (χ2n) is 5.79. The Balaban J connectivity index is 1.59. The van der Waals surface area contributed by atoms with Gasteiger partial charge in [-0.25, -0.2) is 4.98 Å². The quantitative estimate of drug-likeness (QED) is 0.624. The van der Waals surface area contributed by atoms with Crippen LogP contribution in [0.1, 0.15) is 23.6 Å². The molecule has 0 aliphatic carbocycles. The van der Waals surface area contributed by atoms with Crippen LogP contribution in [0.25, 0.3) is 0 Å². The number of nitrogens with zero attached hydrogens (tertiary/aromatic N) is 2. The minimum absolute atomic E-state index is 0.0628. The summed E-state index contributed by atoms with van der Waals surface area (Å²) in [6, 6.07) is 15.5. The van der Waals surface area contributed by atoms with E-state index in [1.165, 1.54) is 0 Å². The van der Waals surface area contributed by atoms with Crippen LogP contribution in [0.3, 0.4) is 0 Å². The Morgan fingerprint density at radius 1 is 1.04 bits per heavy atom. The molecular weight excluding hydrogens is 350 g/mol. The largest absolute Gasteiger partial charge is 0.438 e. The third-order valence-electron chi connectivity index (χ3n) is 3.93. The van der Waals surface area contributed by atoms with E-state index in [1.54, 1.807) is 18.6 Å². The lowest BCUT2D eigenvalue weighted by Crippen LogP contribution is -2.22. The van der Waals surface area contributed by atoms with Crippen LogP contribution in [0.2, 0.25) is 5.02 Å². The van der Waals surface area contributed by atoms with Crippen molar-refractivity contribution in [2.24, 2.45) is 0 Å². The molecule has 6 heteroatoms. The average Bonchev–Trinajstić information content (AvgIpc) is 2.68. The fourth-order valence-corrected chi connectivity index (χ4v) is 2.71. The molecule has 0 saturated carbocycles. The number of benzene rings is 2. The number of ether oxygens (including phenoxy) is 1. The highest BCUT2D eigenvalue weighted by Crippen LogP contribution is 2.21. The molecule has 0 saturated heterocycles. The summed E-state index contributed by atoms with van der Waals surface area (Å²) in [5.74, 6) is 1.17. The van der Waals surface area contributed by atoms with Gasteiger partial charge in [0.1, 0.15) is 5.75 Å². The van der Waals surface area contributed by atoms with E-state index in [0.717, 1.165) is 11.1 Å². The minimum Gasteiger partial charge on any atom is -0.438 e. The van der Waals surface area contributed by atoms with Gasteiger partial charge in [0.15, 0.2) is 0 Å². The van der Waals surface area contributed by atoms with Crippen molar-refractivity contribution >= 4 is 11.6 Å². The highest BCUT2D eigenvalue weighted by Gasteiger charge is 2.10. The standard InChI is InChI=1S/C20H20ClN3O2/c21-17-5-3-16(4-6-17)19(9-12-25)24-13-15-1-7-18(8-2-15)26-20-14-22-10-11-23-20/h1-8,10-11,14,19,24-25H,9,12-13H2. The van der Waals surface area contributed by atoms with Gasteiger partial charge >= 0.3 is 0 Å².